The standard InChI is InChI=1S/C14H18N4O2.ClH/c1-10-13(19)12(14-15-2-3-16-14)11(8-17-10)9-18-4-6-20-7-5-18;/h2-3,8,19H,4-7,9H2,1H3,(H,15,16);1H. The predicted octanol–water partition coefficient (Wildman–Crippen LogP) is 1.74. The van der Waals surface area contributed by atoms with Gasteiger partial charge >= 0.3 is 0 Å². The fourth-order valence-corrected chi connectivity index (χ4v) is 2.42. The van der Waals surface area contributed by atoms with Crippen LogP contribution in [-0.2, 0) is 11.3 Å². The Morgan fingerprint density at radius 3 is 2.76 bits per heavy atom. The molecule has 2 aromatic rings. The van der Waals surface area contributed by atoms with Crippen molar-refractivity contribution in [2.24, 2.45) is 0 Å². The van der Waals surface area contributed by atoms with Gasteiger partial charge in [-0.05, 0) is 12.5 Å². The Morgan fingerprint density at radius 1 is 1.33 bits per heavy atom. The van der Waals surface area contributed by atoms with Gasteiger partial charge in [0.05, 0.1) is 24.5 Å². The van der Waals surface area contributed by atoms with E-state index in [1.165, 1.54) is 0 Å². The minimum atomic E-state index is 0. The van der Waals surface area contributed by atoms with E-state index in [1.54, 1.807) is 19.3 Å². The largest absolute Gasteiger partial charge is 0.505 e. The number of imidazole rings is 1. The molecule has 2 aromatic heterocycles. The molecule has 0 unspecified atom stereocenters. The molecular formula is C14H19ClN4O2. The molecule has 1 fully saturated rings. The molecule has 6 nitrogen and oxygen atoms in total. The van der Waals surface area contributed by atoms with Crippen LogP contribution in [0.15, 0.2) is 18.6 Å². The lowest BCUT2D eigenvalue weighted by molar-refractivity contribution is 0.0342. The Balaban J connectivity index is 0.00000161. The zero-order chi connectivity index (χ0) is 13.9. The first-order valence-corrected chi connectivity index (χ1v) is 6.73. The van der Waals surface area contributed by atoms with Crippen LogP contribution in [0.3, 0.4) is 0 Å². The van der Waals surface area contributed by atoms with Crippen LogP contribution >= 0.6 is 12.4 Å². The second-order valence-electron chi connectivity index (χ2n) is 4.92. The molecule has 0 aromatic carbocycles. The number of morpholine rings is 1. The molecule has 3 heterocycles. The quantitative estimate of drug-likeness (QED) is 0.903. The number of rotatable bonds is 3. The number of aromatic amines is 1. The third-order valence-electron chi connectivity index (χ3n) is 3.55. The van der Waals surface area contributed by atoms with Crippen LogP contribution < -0.4 is 0 Å². The highest BCUT2D eigenvalue weighted by Gasteiger charge is 2.19. The summed E-state index contributed by atoms with van der Waals surface area (Å²) in [5.74, 6) is 0.877. The molecule has 0 radical (unpaired) electrons. The van der Waals surface area contributed by atoms with Gasteiger partial charge in [-0.3, -0.25) is 9.88 Å². The summed E-state index contributed by atoms with van der Waals surface area (Å²) >= 11 is 0. The minimum absolute atomic E-state index is 0. The first-order chi connectivity index (χ1) is 9.75. The average molecular weight is 311 g/mol. The van der Waals surface area contributed by atoms with E-state index in [1.807, 2.05) is 6.20 Å². The average Bonchev–Trinajstić information content (AvgIpc) is 2.98. The number of hydrogen-bond acceptors (Lipinski definition) is 5. The molecule has 21 heavy (non-hydrogen) atoms. The van der Waals surface area contributed by atoms with Crippen molar-refractivity contribution in [3.8, 4) is 17.1 Å². The normalized spacial score (nSPS) is 15.7. The van der Waals surface area contributed by atoms with Gasteiger partial charge in [0.25, 0.3) is 0 Å². The predicted molar refractivity (Wildman–Crippen MR) is 81.6 cm³/mol. The molecule has 7 heteroatoms. The van der Waals surface area contributed by atoms with Gasteiger partial charge in [0.1, 0.15) is 11.6 Å². The summed E-state index contributed by atoms with van der Waals surface area (Å²) in [6, 6.07) is 0. The van der Waals surface area contributed by atoms with Gasteiger partial charge in [-0.2, -0.15) is 0 Å². The van der Waals surface area contributed by atoms with Crippen molar-refractivity contribution in [1.29, 1.82) is 0 Å². The first kappa shape index (κ1) is 15.8. The van der Waals surface area contributed by atoms with E-state index in [9.17, 15) is 5.11 Å². The molecular weight excluding hydrogens is 292 g/mol. The van der Waals surface area contributed by atoms with E-state index in [0.717, 1.165) is 44.0 Å². The monoisotopic (exact) mass is 310 g/mol. The number of H-pyrrole nitrogens is 1. The van der Waals surface area contributed by atoms with Crippen LogP contribution in [0.2, 0.25) is 0 Å². The molecule has 114 valence electrons. The Labute approximate surface area is 129 Å². The fourth-order valence-electron chi connectivity index (χ4n) is 2.42. The molecule has 0 saturated carbocycles. The number of nitrogens with zero attached hydrogens (tertiary/aromatic N) is 3. The summed E-state index contributed by atoms with van der Waals surface area (Å²) in [5, 5.41) is 10.3. The number of aromatic nitrogens is 3. The van der Waals surface area contributed by atoms with Crippen LogP contribution in [-0.4, -0.2) is 51.3 Å². The molecule has 0 amide bonds. The fraction of sp³-hybridized carbons (Fsp3) is 0.429. The number of halogens is 1. The highest BCUT2D eigenvalue weighted by molar-refractivity contribution is 5.85. The third-order valence-corrected chi connectivity index (χ3v) is 3.55. The maximum Gasteiger partial charge on any atom is 0.148 e. The Bertz CT molecular complexity index is 583. The van der Waals surface area contributed by atoms with Crippen LogP contribution in [0, 0.1) is 6.92 Å². The van der Waals surface area contributed by atoms with Gasteiger partial charge in [0, 0.05) is 38.2 Å². The molecule has 0 spiro atoms. The lowest BCUT2D eigenvalue weighted by Gasteiger charge is -2.27. The molecule has 1 aliphatic rings. The molecule has 3 rings (SSSR count). The molecule has 0 atom stereocenters. The smallest absolute Gasteiger partial charge is 0.148 e. The molecule has 1 aliphatic heterocycles. The minimum Gasteiger partial charge on any atom is -0.505 e. The van der Waals surface area contributed by atoms with E-state index in [2.05, 4.69) is 19.9 Å². The zero-order valence-electron chi connectivity index (χ0n) is 11.9. The van der Waals surface area contributed by atoms with Crippen LogP contribution in [0.25, 0.3) is 11.4 Å². The van der Waals surface area contributed by atoms with E-state index < -0.39 is 0 Å². The number of aryl methyl sites for hydroxylation is 1. The van der Waals surface area contributed by atoms with Crippen molar-refractivity contribution in [1.82, 2.24) is 19.9 Å². The Hall–Kier alpha value is -1.63. The number of aromatic hydroxyl groups is 1. The summed E-state index contributed by atoms with van der Waals surface area (Å²) < 4.78 is 5.36. The second-order valence-corrected chi connectivity index (χ2v) is 4.92. The highest BCUT2D eigenvalue weighted by Crippen LogP contribution is 2.32. The van der Waals surface area contributed by atoms with Gasteiger partial charge in [-0.25, -0.2) is 4.98 Å². The van der Waals surface area contributed by atoms with E-state index in [-0.39, 0.29) is 18.2 Å². The maximum absolute atomic E-state index is 10.3. The van der Waals surface area contributed by atoms with Crippen molar-refractivity contribution in [3.05, 3.63) is 29.8 Å². The number of ether oxygens (including phenoxy) is 1. The van der Waals surface area contributed by atoms with E-state index >= 15 is 0 Å². The summed E-state index contributed by atoms with van der Waals surface area (Å²) in [4.78, 5) is 13.9. The van der Waals surface area contributed by atoms with Gasteiger partial charge in [-0.15, -0.1) is 12.4 Å². The molecule has 1 saturated heterocycles. The van der Waals surface area contributed by atoms with Gasteiger partial charge in [0.15, 0.2) is 0 Å². The molecule has 2 N–H and O–H groups in total. The summed E-state index contributed by atoms with van der Waals surface area (Å²) in [6.07, 6.45) is 5.26. The second kappa shape index (κ2) is 6.89. The number of hydrogen-bond donors (Lipinski definition) is 2. The molecule has 0 bridgehead atoms. The van der Waals surface area contributed by atoms with E-state index in [0.29, 0.717) is 11.5 Å². The molecule has 0 aliphatic carbocycles. The van der Waals surface area contributed by atoms with Gasteiger partial charge in [-0.1, -0.05) is 0 Å². The van der Waals surface area contributed by atoms with Gasteiger partial charge in [0.2, 0.25) is 0 Å². The van der Waals surface area contributed by atoms with E-state index in [4.69, 9.17) is 4.74 Å². The van der Waals surface area contributed by atoms with Gasteiger partial charge < -0.3 is 14.8 Å². The SMILES string of the molecule is Cc1ncc(CN2CCOCC2)c(-c2ncc[nH]2)c1O.Cl. The Morgan fingerprint density at radius 2 is 2.10 bits per heavy atom. The maximum atomic E-state index is 10.3. The topological polar surface area (TPSA) is 74.3 Å². The number of nitrogens with one attached hydrogen (secondary N) is 1. The summed E-state index contributed by atoms with van der Waals surface area (Å²) in [5.41, 5.74) is 2.33. The van der Waals surface area contributed by atoms with Crippen LogP contribution in [0.1, 0.15) is 11.3 Å². The van der Waals surface area contributed by atoms with Crippen molar-refractivity contribution < 1.29 is 9.84 Å². The third kappa shape index (κ3) is 3.34. The van der Waals surface area contributed by atoms with Crippen molar-refractivity contribution in [2.75, 3.05) is 26.3 Å². The summed E-state index contributed by atoms with van der Waals surface area (Å²) in [7, 11) is 0. The summed E-state index contributed by atoms with van der Waals surface area (Å²) in [6.45, 7) is 5.82. The van der Waals surface area contributed by atoms with Crippen LogP contribution in [0.5, 0.6) is 5.75 Å². The first-order valence-electron chi connectivity index (χ1n) is 6.73. The lowest BCUT2D eigenvalue weighted by atomic mass is 10.1. The Kier molecular flexibility index (Phi) is 5.17. The van der Waals surface area contributed by atoms with Crippen LogP contribution in [0.4, 0.5) is 0 Å². The zero-order valence-corrected chi connectivity index (χ0v) is 12.7. The highest BCUT2D eigenvalue weighted by atomic mass is 35.5. The van der Waals surface area contributed by atoms with Crippen molar-refractivity contribution in [3.63, 3.8) is 0 Å². The number of pyridine rings is 1. The van der Waals surface area contributed by atoms with Crippen molar-refractivity contribution >= 4 is 12.4 Å². The van der Waals surface area contributed by atoms with Crippen molar-refractivity contribution in [2.45, 2.75) is 13.5 Å². The lowest BCUT2D eigenvalue weighted by Crippen LogP contribution is -2.35.